The first-order valence-corrected chi connectivity index (χ1v) is 7.06. The Hall–Kier alpha value is -1.93. The fourth-order valence-corrected chi connectivity index (χ4v) is 2.62. The van der Waals surface area contributed by atoms with Crippen LogP contribution in [-0.4, -0.2) is 42.0 Å². The number of nitrogens with zero attached hydrogens (tertiary/aromatic N) is 2. The maximum atomic E-state index is 13.9. The van der Waals surface area contributed by atoms with Crippen LogP contribution < -0.4 is 4.74 Å². The molecule has 0 atom stereocenters. The third kappa shape index (κ3) is 3.64. The Bertz CT molecular complexity index is 607. The maximum Gasteiger partial charge on any atom is 0.376 e. The van der Waals surface area contributed by atoms with Gasteiger partial charge in [0.2, 0.25) is 5.75 Å². The molecule has 0 spiro atoms. The van der Waals surface area contributed by atoms with Crippen LogP contribution in [0.2, 0.25) is 6.82 Å². The van der Waals surface area contributed by atoms with E-state index in [0.29, 0.717) is 12.1 Å². The second-order valence-corrected chi connectivity index (χ2v) is 5.32. The van der Waals surface area contributed by atoms with E-state index in [0.717, 1.165) is 25.0 Å². The Labute approximate surface area is 128 Å². The molecule has 0 unspecified atom stereocenters. The zero-order chi connectivity index (χ0) is 16.3. The molecule has 1 saturated heterocycles. The van der Waals surface area contributed by atoms with Crippen LogP contribution in [-0.2, 0) is 0 Å². The Balaban J connectivity index is 2.33. The van der Waals surface area contributed by atoms with Crippen LogP contribution in [0.4, 0.5) is 10.1 Å². The summed E-state index contributed by atoms with van der Waals surface area (Å²) in [7, 11) is 0.649. The molecule has 0 saturated carbocycles. The van der Waals surface area contributed by atoms with E-state index in [1.807, 2.05) is 4.81 Å². The summed E-state index contributed by atoms with van der Waals surface area (Å²) < 4.78 is 18.7. The number of hydrogen-bond donors (Lipinski definition) is 1. The van der Waals surface area contributed by atoms with Crippen LogP contribution in [0.15, 0.2) is 17.7 Å². The summed E-state index contributed by atoms with van der Waals surface area (Å²) in [5, 5.41) is 20.6. The first kappa shape index (κ1) is 16.4. The molecule has 2 rings (SSSR count). The number of nitro benzene ring substituents is 1. The molecule has 0 radical (unpaired) electrons. The van der Waals surface area contributed by atoms with Gasteiger partial charge in [-0.1, -0.05) is 11.6 Å². The average molecular weight is 308 g/mol. The van der Waals surface area contributed by atoms with Crippen molar-refractivity contribution < 1.29 is 19.1 Å². The van der Waals surface area contributed by atoms with Crippen molar-refractivity contribution in [1.82, 2.24) is 4.81 Å². The Morgan fingerprint density at radius 1 is 1.55 bits per heavy atom. The van der Waals surface area contributed by atoms with Crippen molar-refractivity contribution in [3.05, 3.63) is 39.2 Å². The molecular weight excluding hydrogens is 290 g/mol. The SMILES string of the molecule is COc1c(F)cc(C=C2CCCN(B(C)O)C2)cc1[N+](=O)[O-]. The second kappa shape index (κ2) is 6.89. The lowest BCUT2D eigenvalue weighted by Gasteiger charge is -2.29. The summed E-state index contributed by atoms with van der Waals surface area (Å²) in [5.41, 5.74) is 1.04. The molecule has 1 heterocycles. The number of ether oxygens (including phenoxy) is 1. The smallest absolute Gasteiger partial charge is 0.376 e. The molecule has 0 aromatic heterocycles. The summed E-state index contributed by atoms with van der Waals surface area (Å²) in [6.45, 7) is 3.06. The van der Waals surface area contributed by atoms with Crippen molar-refractivity contribution in [3.8, 4) is 5.75 Å². The van der Waals surface area contributed by atoms with E-state index in [1.54, 1.807) is 12.9 Å². The molecule has 1 aromatic carbocycles. The Morgan fingerprint density at radius 2 is 2.27 bits per heavy atom. The molecule has 1 aliphatic rings. The highest BCUT2D eigenvalue weighted by Crippen LogP contribution is 2.32. The lowest BCUT2D eigenvalue weighted by molar-refractivity contribution is -0.386. The third-order valence-electron chi connectivity index (χ3n) is 3.70. The molecular formula is C14H18BFN2O4. The van der Waals surface area contributed by atoms with Gasteiger partial charge < -0.3 is 14.6 Å². The number of rotatable bonds is 4. The average Bonchev–Trinajstić information content (AvgIpc) is 2.46. The molecule has 1 fully saturated rings. The summed E-state index contributed by atoms with van der Waals surface area (Å²) in [6.07, 6.45) is 3.45. The minimum absolute atomic E-state index is 0.360. The van der Waals surface area contributed by atoms with Gasteiger partial charge in [-0.15, -0.1) is 0 Å². The monoisotopic (exact) mass is 308 g/mol. The van der Waals surface area contributed by atoms with Crippen molar-refractivity contribution >= 4 is 18.8 Å². The fraction of sp³-hybridized carbons (Fsp3) is 0.429. The van der Waals surface area contributed by atoms with Crippen molar-refractivity contribution in [2.75, 3.05) is 20.2 Å². The van der Waals surface area contributed by atoms with Crippen molar-refractivity contribution in [3.63, 3.8) is 0 Å². The van der Waals surface area contributed by atoms with E-state index in [-0.39, 0.29) is 5.75 Å². The van der Waals surface area contributed by atoms with Gasteiger partial charge in [-0.05, 0) is 37.8 Å². The van der Waals surface area contributed by atoms with Gasteiger partial charge in [0.05, 0.1) is 12.0 Å². The highest BCUT2D eigenvalue weighted by molar-refractivity contribution is 6.45. The fourth-order valence-electron chi connectivity index (χ4n) is 2.62. The van der Waals surface area contributed by atoms with E-state index in [4.69, 9.17) is 4.74 Å². The van der Waals surface area contributed by atoms with Gasteiger partial charge in [0.25, 0.3) is 0 Å². The number of hydrogen-bond acceptors (Lipinski definition) is 5. The molecule has 1 aromatic rings. The minimum Gasteiger partial charge on any atom is -0.488 e. The van der Waals surface area contributed by atoms with E-state index in [2.05, 4.69) is 0 Å². The van der Waals surface area contributed by atoms with Gasteiger partial charge in [0.15, 0.2) is 5.82 Å². The molecule has 0 bridgehead atoms. The Morgan fingerprint density at radius 3 is 2.86 bits per heavy atom. The zero-order valence-corrected chi connectivity index (χ0v) is 12.6. The van der Waals surface area contributed by atoms with Gasteiger partial charge in [0, 0.05) is 12.6 Å². The highest BCUT2D eigenvalue weighted by Gasteiger charge is 2.23. The lowest BCUT2D eigenvalue weighted by atomic mass is 9.82. The number of nitro groups is 1. The molecule has 6 nitrogen and oxygen atoms in total. The van der Waals surface area contributed by atoms with Crippen LogP contribution in [0, 0.1) is 15.9 Å². The first-order valence-electron chi connectivity index (χ1n) is 7.06. The summed E-state index contributed by atoms with van der Waals surface area (Å²) in [4.78, 5) is 12.2. The van der Waals surface area contributed by atoms with Crippen LogP contribution in [0.1, 0.15) is 18.4 Å². The summed E-state index contributed by atoms with van der Waals surface area (Å²) >= 11 is 0. The molecule has 1 N–H and O–H groups in total. The van der Waals surface area contributed by atoms with Crippen molar-refractivity contribution in [2.45, 2.75) is 19.7 Å². The quantitative estimate of drug-likeness (QED) is 0.525. The van der Waals surface area contributed by atoms with Gasteiger partial charge >= 0.3 is 12.7 Å². The van der Waals surface area contributed by atoms with Crippen molar-refractivity contribution in [2.24, 2.45) is 0 Å². The van der Waals surface area contributed by atoms with Gasteiger partial charge in [-0.25, -0.2) is 4.39 Å². The molecule has 22 heavy (non-hydrogen) atoms. The normalized spacial score (nSPS) is 17.5. The van der Waals surface area contributed by atoms with Crippen molar-refractivity contribution in [1.29, 1.82) is 0 Å². The zero-order valence-electron chi connectivity index (χ0n) is 12.6. The molecule has 0 aliphatic carbocycles. The van der Waals surface area contributed by atoms with Gasteiger partial charge in [0.1, 0.15) is 0 Å². The topological polar surface area (TPSA) is 75.8 Å². The largest absolute Gasteiger partial charge is 0.488 e. The predicted molar refractivity (Wildman–Crippen MR) is 82.2 cm³/mol. The molecule has 1 aliphatic heterocycles. The highest BCUT2D eigenvalue weighted by atomic mass is 19.1. The number of piperidine rings is 1. The number of halogens is 1. The standard InChI is InChI=1S/C14H18BFN2O4/c1-15(19)17-5-3-4-10(9-17)6-11-7-12(16)14(22-2)13(8-11)18(20)21/h6-8,19H,3-5,9H2,1-2H3. The number of benzene rings is 1. The van der Waals surface area contributed by atoms with Gasteiger partial charge in [-0.3, -0.25) is 10.1 Å². The molecule has 0 amide bonds. The first-order chi connectivity index (χ1) is 10.4. The predicted octanol–water partition coefficient (Wildman–Crippen LogP) is 2.33. The second-order valence-electron chi connectivity index (χ2n) is 5.32. The van der Waals surface area contributed by atoms with Crippen LogP contribution >= 0.6 is 0 Å². The van der Waals surface area contributed by atoms with Crippen LogP contribution in [0.25, 0.3) is 6.08 Å². The van der Waals surface area contributed by atoms with E-state index < -0.39 is 23.5 Å². The van der Waals surface area contributed by atoms with Crippen LogP contribution in [0.3, 0.4) is 0 Å². The third-order valence-corrected chi connectivity index (χ3v) is 3.70. The van der Waals surface area contributed by atoms with Gasteiger partial charge in [-0.2, -0.15) is 0 Å². The maximum absolute atomic E-state index is 13.9. The minimum atomic E-state index is -0.758. The van der Waals surface area contributed by atoms with E-state index >= 15 is 0 Å². The van der Waals surface area contributed by atoms with Crippen LogP contribution in [0.5, 0.6) is 5.75 Å². The lowest BCUT2D eigenvalue weighted by Crippen LogP contribution is -2.41. The summed E-state index contributed by atoms with van der Waals surface area (Å²) in [6, 6.07) is 2.52. The molecule has 8 heteroatoms. The molecule has 118 valence electrons. The Kier molecular flexibility index (Phi) is 5.15. The number of methoxy groups -OCH3 is 1. The van der Waals surface area contributed by atoms with E-state index in [1.165, 1.54) is 19.2 Å². The van der Waals surface area contributed by atoms with E-state index in [9.17, 15) is 19.5 Å². The summed E-state index contributed by atoms with van der Waals surface area (Å²) in [5.74, 6) is -1.12.